The lowest BCUT2D eigenvalue weighted by molar-refractivity contribution is 0.255. The van der Waals surface area contributed by atoms with Crippen LogP contribution in [-0.2, 0) is 0 Å². The van der Waals surface area contributed by atoms with Crippen LogP contribution in [0.2, 0.25) is 0 Å². The van der Waals surface area contributed by atoms with Gasteiger partial charge in [0.15, 0.2) is 5.82 Å². The molecule has 5 rings (SSSR count). The van der Waals surface area contributed by atoms with E-state index in [1.807, 2.05) is 36.1 Å². The molecule has 2 aliphatic heterocycles. The van der Waals surface area contributed by atoms with Crippen molar-refractivity contribution in [2.24, 2.45) is 0 Å². The number of nitrogens with one attached hydrogen (secondary N) is 1. The maximum Gasteiger partial charge on any atom is 0.327 e. The molecule has 0 aliphatic carbocycles. The van der Waals surface area contributed by atoms with Crippen LogP contribution < -0.4 is 15.1 Å². The van der Waals surface area contributed by atoms with Gasteiger partial charge >= 0.3 is 6.03 Å². The number of aromatic nitrogens is 3. The zero-order valence-electron chi connectivity index (χ0n) is 17.4. The van der Waals surface area contributed by atoms with E-state index in [0.717, 1.165) is 53.5 Å². The summed E-state index contributed by atoms with van der Waals surface area (Å²) in [5, 5.41) is 2.99. The van der Waals surface area contributed by atoms with Crippen LogP contribution in [0.3, 0.4) is 0 Å². The fraction of sp³-hybridized carbons (Fsp3) is 0.304. The summed E-state index contributed by atoms with van der Waals surface area (Å²) in [5.41, 5.74) is 6.92. The van der Waals surface area contributed by atoms with E-state index in [1.54, 1.807) is 18.6 Å². The van der Waals surface area contributed by atoms with E-state index in [2.05, 4.69) is 34.0 Å². The van der Waals surface area contributed by atoms with Crippen LogP contribution in [0.15, 0.2) is 42.9 Å². The first-order valence-corrected chi connectivity index (χ1v) is 10.2. The highest BCUT2D eigenvalue weighted by Crippen LogP contribution is 2.44. The van der Waals surface area contributed by atoms with E-state index in [1.165, 1.54) is 5.56 Å². The van der Waals surface area contributed by atoms with Gasteiger partial charge in [-0.15, -0.1) is 0 Å². The largest absolute Gasteiger partial charge is 0.366 e. The maximum absolute atomic E-state index is 13.3. The van der Waals surface area contributed by atoms with Crippen molar-refractivity contribution in [3.8, 4) is 11.3 Å². The van der Waals surface area contributed by atoms with Crippen LogP contribution in [-0.4, -0.2) is 40.1 Å². The number of carbonyl (C=O) groups is 1. The molecule has 7 heteroatoms. The number of pyridine rings is 3. The van der Waals surface area contributed by atoms with Crippen molar-refractivity contribution in [2.75, 3.05) is 28.2 Å². The zero-order chi connectivity index (χ0) is 20.8. The van der Waals surface area contributed by atoms with Crippen LogP contribution >= 0.6 is 0 Å². The summed E-state index contributed by atoms with van der Waals surface area (Å²) in [7, 11) is 0. The Morgan fingerprint density at radius 1 is 1.17 bits per heavy atom. The molecule has 1 fully saturated rings. The van der Waals surface area contributed by atoms with Crippen LogP contribution in [0.25, 0.3) is 11.3 Å². The van der Waals surface area contributed by atoms with Gasteiger partial charge in [-0.05, 0) is 62.6 Å². The van der Waals surface area contributed by atoms with E-state index >= 15 is 0 Å². The third kappa shape index (κ3) is 2.98. The summed E-state index contributed by atoms with van der Waals surface area (Å²) in [4.78, 5) is 31.0. The Balaban J connectivity index is 1.63. The number of hydrogen-bond acceptors (Lipinski definition) is 5. The lowest BCUT2D eigenvalue weighted by atomic mass is 10.00. The van der Waals surface area contributed by atoms with Crippen LogP contribution in [0, 0.1) is 20.8 Å². The molecule has 1 atom stereocenters. The van der Waals surface area contributed by atoms with Crippen LogP contribution in [0.4, 0.5) is 22.0 Å². The van der Waals surface area contributed by atoms with Gasteiger partial charge in [-0.25, -0.2) is 9.78 Å². The zero-order valence-corrected chi connectivity index (χ0v) is 17.4. The van der Waals surface area contributed by atoms with E-state index in [9.17, 15) is 4.79 Å². The number of rotatable bonds is 2. The standard InChI is InChI=1S/C23H24N6O/c1-14-11-17(6-9-25-14)20-15(2)16(3)21-22(27-20)29(19-7-10-28(21)13-19)23(30)26-18-5-4-8-24-12-18/h4-6,8-9,11-12,19H,7,10,13H2,1-3H3,(H,26,30)/t19-/m0/s1. The molecule has 0 aromatic carbocycles. The summed E-state index contributed by atoms with van der Waals surface area (Å²) in [6.07, 6.45) is 6.08. The topological polar surface area (TPSA) is 74.2 Å². The number of aryl methyl sites for hydroxylation is 1. The van der Waals surface area contributed by atoms with Crippen molar-refractivity contribution in [1.82, 2.24) is 15.0 Å². The molecule has 1 saturated heterocycles. The third-order valence-corrected chi connectivity index (χ3v) is 6.08. The molecule has 1 N–H and O–H groups in total. The average molecular weight is 400 g/mol. The minimum absolute atomic E-state index is 0.107. The number of anilines is 3. The molecule has 0 radical (unpaired) electrons. The summed E-state index contributed by atoms with van der Waals surface area (Å²) in [6, 6.07) is 7.62. The van der Waals surface area contributed by atoms with Gasteiger partial charge in [-0.1, -0.05) is 0 Å². The smallest absolute Gasteiger partial charge is 0.327 e. The molecule has 152 valence electrons. The van der Waals surface area contributed by atoms with Crippen molar-refractivity contribution in [2.45, 2.75) is 33.2 Å². The highest BCUT2D eigenvalue weighted by Gasteiger charge is 2.41. The number of fused-ring (bicyclic) bond motifs is 4. The van der Waals surface area contributed by atoms with E-state index in [-0.39, 0.29) is 12.1 Å². The number of hydrogen-bond donors (Lipinski definition) is 1. The van der Waals surface area contributed by atoms with Gasteiger partial charge in [-0.2, -0.15) is 0 Å². The fourth-order valence-corrected chi connectivity index (χ4v) is 4.50. The van der Waals surface area contributed by atoms with Crippen molar-refractivity contribution >= 4 is 23.2 Å². The highest BCUT2D eigenvalue weighted by molar-refractivity contribution is 6.05. The summed E-state index contributed by atoms with van der Waals surface area (Å²) in [6.45, 7) is 7.98. The summed E-state index contributed by atoms with van der Waals surface area (Å²) >= 11 is 0. The van der Waals surface area contributed by atoms with Gasteiger partial charge in [0, 0.05) is 36.7 Å². The third-order valence-electron chi connectivity index (χ3n) is 6.08. The second-order valence-corrected chi connectivity index (χ2v) is 8.00. The van der Waals surface area contributed by atoms with Crippen molar-refractivity contribution in [1.29, 1.82) is 0 Å². The van der Waals surface area contributed by atoms with Gasteiger partial charge in [0.05, 0.1) is 29.3 Å². The van der Waals surface area contributed by atoms with Crippen molar-refractivity contribution < 1.29 is 4.79 Å². The van der Waals surface area contributed by atoms with E-state index < -0.39 is 0 Å². The second kappa shape index (κ2) is 7.09. The number of carbonyl (C=O) groups excluding carboxylic acids is 1. The van der Waals surface area contributed by atoms with Gasteiger partial charge in [0.25, 0.3) is 0 Å². The molecule has 0 saturated carbocycles. The lowest BCUT2D eigenvalue weighted by Gasteiger charge is -2.37. The molecule has 0 unspecified atom stereocenters. The predicted octanol–water partition coefficient (Wildman–Crippen LogP) is 4.09. The monoisotopic (exact) mass is 400 g/mol. The Morgan fingerprint density at radius 2 is 2.03 bits per heavy atom. The predicted molar refractivity (Wildman–Crippen MR) is 118 cm³/mol. The number of amides is 2. The van der Waals surface area contributed by atoms with Gasteiger partial charge in [-0.3, -0.25) is 14.9 Å². The van der Waals surface area contributed by atoms with E-state index in [0.29, 0.717) is 5.69 Å². The van der Waals surface area contributed by atoms with Crippen LogP contribution in [0.1, 0.15) is 23.2 Å². The fourth-order valence-electron chi connectivity index (χ4n) is 4.50. The SMILES string of the molecule is Cc1cc(-c2nc3c(c(C)c2C)N2CC[C@@H](C2)N3C(=O)Nc2cccnc2)ccn1. The maximum atomic E-state index is 13.3. The Morgan fingerprint density at radius 3 is 2.80 bits per heavy atom. The lowest BCUT2D eigenvalue weighted by Crippen LogP contribution is -2.48. The molecule has 2 amide bonds. The normalized spacial score (nSPS) is 17.1. The molecule has 2 aliphatic rings. The molecular formula is C23H24N6O. The minimum Gasteiger partial charge on any atom is -0.366 e. The highest BCUT2D eigenvalue weighted by atomic mass is 16.2. The average Bonchev–Trinajstić information content (AvgIpc) is 3.14. The van der Waals surface area contributed by atoms with Crippen LogP contribution in [0.5, 0.6) is 0 Å². The molecular weight excluding hydrogens is 376 g/mol. The molecule has 2 bridgehead atoms. The quantitative estimate of drug-likeness (QED) is 0.701. The number of urea groups is 1. The second-order valence-electron chi connectivity index (χ2n) is 8.00. The Labute approximate surface area is 175 Å². The van der Waals surface area contributed by atoms with Gasteiger partial charge in [0.2, 0.25) is 0 Å². The molecule has 7 nitrogen and oxygen atoms in total. The number of nitrogens with zero attached hydrogens (tertiary/aromatic N) is 5. The Kier molecular flexibility index (Phi) is 4.38. The van der Waals surface area contributed by atoms with E-state index in [4.69, 9.17) is 4.98 Å². The Bertz CT molecular complexity index is 1130. The first kappa shape index (κ1) is 18.5. The molecule has 3 aromatic rings. The van der Waals surface area contributed by atoms with Crippen molar-refractivity contribution in [3.63, 3.8) is 0 Å². The Hall–Kier alpha value is -3.48. The first-order valence-electron chi connectivity index (χ1n) is 10.2. The molecule has 5 heterocycles. The van der Waals surface area contributed by atoms with Gasteiger partial charge in [0.1, 0.15) is 0 Å². The molecule has 3 aromatic heterocycles. The molecule has 0 spiro atoms. The first-order chi connectivity index (χ1) is 14.5. The van der Waals surface area contributed by atoms with Crippen molar-refractivity contribution in [3.05, 3.63) is 59.7 Å². The molecule has 30 heavy (non-hydrogen) atoms. The van der Waals surface area contributed by atoms with Gasteiger partial charge < -0.3 is 10.2 Å². The summed E-state index contributed by atoms with van der Waals surface area (Å²) < 4.78 is 0. The minimum atomic E-state index is -0.164. The summed E-state index contributed by atoms with van der Waals surface area (Å²) in [5.74, 6) is 0.734.